The molecule has 0 aliphatic carbocycles. The Labute approximate surface area is 141 Å². The van der Waals surface area contributed by atoms with Gasteiger partial charge in [-0.2, -0.15) is 0 Å². The molecule has 3 rings (SSSR count). The molecule has 4 heteroatoms. The van der Waals surface area contributed by atoms with Crippen LogP contribution in [-0.4, -0.2) is 22.6 Å². The molecule has 24 heavy (non-hydrogen) atoms. The summed E-state index contributed by atoms with van der Waals surface area (Å²) >= 11 is 0. The number of aromatic carboxylic acids is 1. The van der Waals surface area contributed by atoms with E-state index in [0.717, 1.165) is 41.4 Å². The van der Waals surface area contributed by atoms with Crippen molar-refractivity contribution in [3.05, 3.63) is 59.2 Å². The third-order valence-corrected chi connectivity index (χ3v) is 4.45. The second-order valence-electron chi connectivity index (χ2n) is 6.10. The molecule has 124 valence electrons. The van der Waals surface area contributed by atoms with Crippen LogP contribution in [0.4, 0.5) is 0 Å². The highest BCUT2D eigenvalue weighted by atomic mass is 16.4. The summed E-state index contributed by atoms with van der Waals surface area (Å²) in [5.41, 5.74) is 11.5. The third-order valence-electron chi connectivity index (χ3n) is 4.45. The summed E-state index contributed by atoms with van der Waals surface area (Å²) in [6.45, 7) is 2.76. The molecule has 4 nitrogen and oxygen atoms in total. The number of H-pyrrole nitrogens is 1. The van der Waals surface area contributed by atoms with Crippen LogP contribution in [0.25, 0.3) is 22.2 Å². The van der Waals surface area contributed by atoms with E-state index in [0.29, 0.717) is 12.1 Å². The zero-order valence-electron chi connectivity index (χ0n) is 13.8. The quantitative estimate of drug-likeness (QED) is 0.597. The molecule has 3 aromatic rings. The van der Waals surface area contributed by atoms with Crippen molar-refractivity contribution < 1.29 is 9.90 Å². The number of hydrogen-bond acceptors (Lipinski definition) is 2. The van der Waals surface area contributed by atoms with Crippen molar-refractivity contribution in [2.75, 3.05) is 6.54 Å². The second-order valence-corrected chi connectivity index (χ2v) is 6.10. The molecular weight excluding hydrogens is 300 g/mol. The summed E-state index contributed by atoms with van der Waals surface area (Å²) in [7, 11) is 0. The molecule has 0 amide bonds. The molecule has 1 heterocycles. The van der Waals surface area contributed by atoms with Crippen LogP contribution in [0.2, 0.25) is 0 Å². The molecular formula is C20H22N2O2. The summed E-state index contributed by atoms with van der Waals surface area (Å²) in [6, 6.07) is 13.5. The van der Waals surface area contributed by atoms with Gasteiger partial charge >= 0.3 is 5.97 Å². The number of carboxylic acid groups (broad SMARTS) is 1. The van der Waals surface area contributed by atoms with Gasteiger partial charge in [-0.05, 0) is 62.1 Å². The number of fused-ring (bicyclic) bond motifs is 1. The number of aromatic nitrogens is 1. The summed E-state index contributed by atoms with van der Waals surface area (Å²) in [4.78, 5) is 14.8. The predicted molar refractivity (Wildman–Crippen MR) is 97.4 cm³/mol. The average molecular weight is 322 g/mol. The van der Waals surface area contributed by atoms with E-state index in [4.69, 9.17) is 5.73 Å². The van der Waals surface area contributed by atoms with E-state index in [-0.39, 0.29) is 0 Å². The number of benzene rings is 2. The zero-order chi connectivity index (χ0) is 17.1. The number of aryl methyl sites for hydroxylation is 2. The van der Waals surface area contributed by atoms with E-state index in [1.54, 1.807) is 12.1 Å². The lowest BCUT2D eigenvalue weighted by Crippen LogP contribution is -2.00. The van der Waals surface area contributed by atoms with Gasteiger partial charge in [0.15, 0.2) is 0 Å². The Morgan fingerprint density at radius 1 is 1.17 bits per heavy atom. The van der Waals surface area contributed by atoms with Crippen molar-refractivity contribution >= 4 is 16.9 Å². The molecule has 0 saturated carbocycles. The molecule has 1 aromatic heterocycles. The number of hydrogen-bond donors (Lipinski definition) is 3. The number of carboxylic acids is 1. The highest BCUT2D eigenvalue weighted by molar-refractivity contribution is 5.97. The van der Waals surface area contributed by atoms with Gasteiger partial charge < -0.3 is 15.8 Å². The number of rotatable bonds is 6. The van der Waals surface area contributed by atoms with Gasteiger partial charge in [0.2, 0.25) is 0 Å². The van der Waals surface area contributed by atoms with Gasteiger partial charge in [-0.1, -0.05) is 24.3 Å². The maximum atomic E-state index is 11.3. The number of nitrogens with two attached hydrogens (primary N) is 1. The highest BCUT2D eigenvalue weighted by Gasteiger charge is 2.16. The molecule has 0 spiro atoms. The summed E-state index contributed by atoms with van der Waals surface area (Å²) in [5.74, 6) is -0.900. The number of unbranched alkanes of at least 4 members (excludes halogenated alkanes) is 1. The largest absolute Gasteiger partial charge is 0.478 e. The van der Waals surface area contributed by atoms with Crippen LogP contribution in [0.3, 0.4) is 0 Å². The van der Waals surface area contributed by atoms with Crippen molar-refractivity contribution in [1.29, 1.82) is 0 Å². The Morgan fingerprint density at radius 2 is 1.96 bits per heavy atom. The molecule has 4 N–H and O–H groups in total. The van der Waals surface area contributed by atoms with Crippen LogP contribution in [0.5, 0.6) is 0 Å². The van der Waals surface area contributed by atoms with Crippen LogP contribution < -0.4 is 5.73 Å². The molecule has 0 saturated heterocycles. The maximum absolute atomic E-state index is 11.3. The molecule has 0 bridgehead atoms. The van der Waals surface area contributed by atoms with Crippen LogP contribution in [-0.2, 0) is 6.42 Å². The van der Waals surface area contributed by atoms with Gasteiger partial charge in [0.25, 0.3) is 0 Å². The monoisotopic (exact) mass is 322 g/mol. The van der Waals surface area contributed by atoms with E-state index in [9.17, 15) is 9.90 Å². The fourth-order valence-electron chi connectivity index (χ4n) is 3.17. The van der Waals surface area contributed by atoms with E-state index in [2.05, 4.69) is 24.0 Å². The molecule has 0 fully saturated rings. The Bertz CT molecular complexity index is 880. The van der Waals surface area contributed by atoms with Crippen LogP contribution in [0.15, 0.2) is 42.5 Å². The first-order valence-electron chi connectivity index (χ1n) is 8.25. The lowest BCUT2D eigenvalue weighted by molar-refractivity contribution is 0.0697. The minimum Gasteiger partial charge on any atom is -0.478 e. The Morgan fingerprint density at radius 3 is 2.67 bits per heavy atom. The molecule has 0 aliphatic heterocycles. The fourth-order valence-corrected chi connectivity index (χ4v) is 3.17. The van der Waals surface area contributed by atoms with Gasteiger partial charge in [0, 0.05) is 22.2 Å². The van der Waals surface area contributed by atoms with Crippen molar-refractivity contribution in [2.45, 2.75) is 26.2 Å². The lowest BCUT2D eigenvalue weighted by atomic mass is 9.97. The average Bonchev–Trinajstić information content (AvgIpc) is 2.93. The molecule has 0 radical (unpaired) electrons. The van der Waals surface area contributed by atoms with Crippen LogP contribution in [0, 0.1) is 6.92 Å². The third kappa shape index (κ3) is 3.05. The predicted octanol–water partition coefficient (Wildman–Crippen LogP) is 4.12. The first kappa shape index (κ1) is 16.3. The van der Waals surface area contributed by atoms with Gasteiger partial charge in [0.05, 0.1) is 5.56 Å². The van der Waals surface area contributed by atoms with E-state index >= 15 is 0 Å². The number of carbonyl (C=O) groups is 1. The second kappa shape index (κ2) is 6.89. The summed E-state index contributed by atoms with van der Waals surface area (Å²) in [5, 5.41) is 10.3. The Hall–Kier alpha value is -2.59. The zero-order valence-corrected chi connectivity index (χ0v) is 13.8. The van der Waals surface area contributed by atoms with E-state index in [1.165, 1.54) is 11.1 Å². The number of nitrogens with one attached hydrogen (secondary N) is 1. The van der Waals surface area contributed by atoms with Gasteiger partial charge in [0.1, 0.15) is 0 Å². The lowest BCUT2D eigenvalue weighted by Gasteiger charge is -2.08. The molecule has 2 aromatic carbocycles. The fraction of sp³-hybridized carbons (Fsp3) is 0.250. The van der Waals surface area contributed by atoms with Crippen molar-refractivity contribution in [3.63, 3.8) is 0 Å². The van der Waals surface area contributed by atoms with Crippen molar-refractivity contribution in [3.8, 4) is 11.3 Å². The standard InChI is InChI=1S/C20H22N2O2/c1-13-6-2-3-7-15(13)19-16(8-4-5-11-21)17-12-14(20(23)24)9-10-18(17)22-19/h2-3,6-7,9-10,12,22H,4-5,8,11,21H2,1H3,(H,23,24). The summed E-state index contributed by atoms with van der Waals surface area (Å²) < 4.78 is 0. The highest BCUT2D eigenvalue weighted by Crippen LogP contribution is 2.33. The SMILES string of the molecule is Cc1ccccc1-c1[nH]c2ccc(C(=O)O)cc2c1CCCCN. The Balaban J connectivity index is 2.18. The van der Waals surface area contributed by atoms with Crippen molar-refractivity contribution in [2.24, 2.45) is 5.73 Å². The minimum atomic E-state index is -0.900. The Kier molecular flexibility index (Phi) is 4.67. The van der Waals surface area contributed by atoms with Gasteiger partial charge in [-0.15, -0.1) is 0 Å². The first-order valence-corrected chi connectivity index (χ1v) is 8.25. The topological polar surface area (TPSA) is 79.1 Å². The molecule has 0 atom stereocenters. The molecule has 0 unspecified atom stereocenters. The first-order chi connectivity index (χ1) is 11.6. The number of aromatic amines is 1. The smallest absolute Gasteiger partial charge is 0.335 e. The van der Waals surface area contributed by atoms with Crippen LogP contribution in [0.1, 0.15) is 34.3 Å². The summed E-state index contributed by atoms with van der Waals surface area (Å²) in [6.07, 6.45) is 2.82. The van der Waals surface area contributed by atoms with Crippen molar-refractivity contribution in [1.82, 2.24) is 4.98 Å². The normalized spacial score (nSPS) is 11.1. The maximum Gasteiger partial charge on any atom is 0.335 e. The minimum absolute atomic E-state index is 0.318. The van der Waals surface area contributed by atoms with Crippen LogP contribution >= 0.6 is 0 Å². The van der Waals surface area contributed by atoms with Gasteiger partial charge in [-0.25, -0.2) is 4.79 Å². The van der Waals surface area contributed by atoms with E-state index in [1.807, 2.05) is 18.2 Å². The molecule has 0 aliphatic rings. The van der Waals surface area contributed by atoms with Gasteiger partial charge in [-0.3, -0.25) is 0 Å². The van der Waals surface area contributed by atoms with E-state index < -0.39 is 5.97 Å².